The van der Waals surface area contributed by atoms with Gasteiger partial charge in [0.05, 0.1) is 24.3 Å². The number of β-amino-alcohol motifs (C(OH)–C–C–N with tert-alkyl or cyclic N) is 1. The minimum Gasteiger partial charge on any atom is -0.484 e. The van der Waals surface area contributed by atoms with E-state index in [9.17, 15) is 9.90 Å². The van der Waals surface area contributed by atoms with Gasteiger partial charge in [0, 0.05) is 38.8 Å². The van der Waals surface area contributed by atoms with Gasteiger partial charge in [0.25, 0.3) is 5.91 Å². The summed E-state index contributed by atoms with van der Waals surface area (Å²) in [5, 5.41) is 13.1. The van der Waals surface area contributed by atoms with Crippen LogP contribution in [0.3, 0.4) is 0 Å². The number of hydrogen-bond donors (Lipinski definition) is 2. The lowest BCUT2D eigenvalue weighted by molar-refractivity contribution is -0.123. The molecule has 31 heavy (non-hydrogen) atoms. The van der Waals surface area contributed by atoms with Gasteiger partial charge >= 0.3 is 0 Å². The lowest BCUT2D eigenvalue weighted by Crippen LogP contribution is -2.42. The monoisotopic (exact) mass is 420 g/mol. The van der Waals surface area contributed by atoms with E-state index in [0.717, 1.165) is 30.8 Å². The first-order valence-corrected chi connectivity index (χ1v) is 10.5. The number of nitrogens with one attached hydrogen (secondary N) is 1. The molecule has 0 bridgehead atoms. The van der Waals surface area contributed by atoms with E-state index in [1.54, 1.807) is 12.5 Å². The Morgan fingerprint density at radius 1 is 1.23 bits per heavy atom. The maximum absolute atomic E-state index is 12.2. The Kier molecular flexibility index (Phi) is 6.64. The van der Waals surface area contributed by atoms with E-state index in [1.807, 2.05) is 41.9 Å². The maximum Gasteiger partial charge on any atom is 0.258 e. The second kappa shape index (κ2) is 9.76. The first-order valence-electron chi connectivity index (χ1n) is 10.5. The normalized spacial score (nSPS) is 14.6. The lowest BCUT2D eigenvalue weighted by atomic mass is 10.00. The van der Waals surface area contributed by atoms with Gasteiger partial charge in [0.1, 0.15) is 5.75 Å². The standard InChI is InChI=1S/C24H28N4O3/c1-27-17-25-13-23(27)19-7-4-8-22(11-19)31-16-24(30)26-12-21(29)15-28-10-9-18-5-2-3-6-20(18)14-28/h2-8,11,13,17,21,29H,9-10,12,14-16H2,1H3,(H,26,30). The number of hydrogen-bond acceptors (Lipinski definition) is 5. The Hall–Kier alpha value is -3.16. The predicted octanol–water partition coefficient (Wildman–Crippen LogP) is 2.00. The topological polar surface area (TPSA) is 79.6 Å². The molecule has 1 amide bonds. The van der Waals surface area contributed by atoms with Crippen molar-refractivity contribution in [2.24, 2.45) is 7.05 Å². The molecule has 0 fully saturated rings. The molecule has 2 N–H and O–H groups in total. The molecular weight excluding hydrogens is 392 g/mol. The number of imidazole rings is 1. The molecule has 1 aromatic heterocycles. The number of aliphatic hydroxyl groups excluding tert-OH is 1. The summed E-state index contributed by atoms with van der Waals surface area (Å²) >= 11 is 0. The Morgan fingerprint density at radius 2 is 2.06 bits per heavy atom. The number of ether oxygens (including phenoxy) is 1. The third kappa shape index (κ3) is 5.51. The molecule has 0 radical (unpaired) electrons. The Bertz CT molecular complexity index is 1030. The van der Waals surface area contributed by atoms with Crippen LogP contribution in [0.1, 0.15) is 11.1 Å². The van der Waals surface area contributed by atoms with E-state index in [-0.39, 0.29) is 19.1 Å². The fourth-order valence-corrected chi connectivity index (χ4v) is 3.88. The molecule has 0 spiro atoms. The van der Waals surface area contributed by atoms with Crippen LogP contribution in [0.4, 0.5) is 0 Å². The number of rotatable bonds is 8. The smallest absolute Gasteiger partial charge is 0.258 e. The van der Waals surface area contributed by atoms with E-state index >= 15 is 0 Å². The number of nitrogens with zero attached hydrogens (tertiary/aromatic N) is 3. The minimum absolute atomic E-state index is 0.0986. The van der Waals surface area contributed by atoms with Gasteiger partial charge in [-0.3, -0.25) is 9.69 Å². The van der Waals surface area contributed by atoms with Crippen LogP contribution in [0.2, 0.25) is 0 Å². The van der Waals surface area contributed by atoms with E-state index in [0.29, 0.717) is 12.3 Å². The van der Waals surface area contributed by atoms with Crippen molar-refractivity contribution in [2.75, 3.05) is 26.2 Å². The average molecular weight is 421 g/mol. The first-order chi connectivity index (χ1) is 15.1. The fraction of sp³-hybridized carbons (Fsp3) is 0.333. The summed E-state index contributed by atoms with van der Waals surface area (Å²) in [5.41, 5.74) is 4.63. The van der Waals surface area contributed by atoms with Crippen molar-refractivity contribution in [3.63, 3.8) is 0 Å². The average Bonchev–Trinajstić information content (AvgIpc) is 3.22. The Balaban J connectivity index is 1.21. The zero-order valence-corrected chi connectivity index (χ0v) is 17.7. The molecule has 1 unspecified atom stereocenters. The number of benzene rings is 2. The Morgan fingerprint density at radius 3 is 2.87 bits per heavy atom. The fourth-order valence-electron chi connectivity index (χ4n) is 3.88. The molecule has 7 heteroatoms. The molecule has 0 saturated heterocycles. The minimum atomic E-state index is -0.623. The molecule has 162 valence electrons. The summed E-state index contributed by atoms with van der Waals surface area (Å²) in [7, 11) is 1.93. The molecule has 3 aromatic rings. The molecule has 1 aliphatic rings. The van der Waals surface area contributed by atoms with Crippen LogP contribution in [0.5, 0.6) is 5.75 Å². The summed E-state index contributed by atoms with van der Waals surface area (Å²) in [6.07, 6.45) is 3.89. The van der Waals surface area contributed by atoms with Crippen LogP contribution >= 0.6 is 0 Å². The highest BCUT2D eigenvalue weighted by Gasteiger charge is 2.18. The van der Waals surface area contributed by atoms with Gasteiger partial charge in [0.2, 0.25) is 0 Å². The van der Waals surface area contributed by atoms with Crippen LogP contribution in [-0.4, -0.2) is 57.8 Å². The van der Waals surface area contributed by atoms with Crippen molar-refractivity contribution < 1.29 is 14.6 Å². The molecule has 2 heterocycles. The van der Waals surface area contributed by atoms with Crippen LogP contribution in [0.25, 0.3) is 11.3 Å². The number of amides is 1. The largest absolute Gasteiger partial charge is 0.484 e. The van der Waals surface area contributed by atoms with Gasteiger partial charge < -0.3 is 19.7 Å². The van der Waals surface area contributed by atoms with Crippen molar-refractivity contribution in [3.05, 3.63) is 72.2 Å². The van der Waals surface area contributed by atoms with Crippen molar-refractivity contribution in [1.29, 1.82) is 0 Å². The molecule has 0 aliphatic carbocycles. The summed E-state index contributed by atoms with van der Waals surface area (Å²) in [5.74, 6) is 0.357. The van der Waals surface area contributed by atoms with Crippen LogP contribution in [-0.2, 0) is 24.8 Å². The second-order valence-electron chi connectivity index (χ2n) is 7.92. The first kappa shape index (κ1) is 21.1. The van der Waals surface area contributed by atoms with Crippen molar-refractivity contribution in [1.82, 2.24) is 19.8 Å². The van der Waals surface area contributed by atoms with Crippen molar-refractivity contribution in [2.45, 2.75) is 19.1 Å². The van der Waals surface area contributed by atoms with Gasteiger partial charge in [-0.15, -0.1) is 0 Å². The van der Waals surface area contributed by atoms with Crippen molar-refractivity contribution in [3.8, 4) is 17.0 Å². The van der Waals surface area contributed by atoms with E-state index in [4.69, 9.17) is 4.74 Å². The number of fused-ring (bicyclic) bond motifs is 1. The Labute approximate surface area is 182 Å². The van der Waals surface area contributed by atoms with E-state index < -0.39 is 6.10 Å². The van der Waals surface area contributed by atoms with E-state index in [2.05, 4.69) is 33.4 Å². The van der Waals surface area contributed by atoms with Gasteiger partial charge in [-0.1, -0.05) is 36.4 Å². The summed E-state index contributed by atoms with van der Waals surface area (Å²) in [4.78, 5) is 18.5. The second-order valence-corrected chi connectivity index (χ2v) is 7.92. The van der Waals surface area contributed by atoms with Crippen LogP contribution in [0.15, 0.2) is 61.1 Å². The lowest BCUT2D eigenvalue weighted by Gasteiger charge is -2.30. The summed E-state index contributed by atoms with van der Waals surface area (Å²) < 4.78 is 7.56. The highest BCUT2D eigenvalue weighted by Crippen LogP contribution is 2.23. The number of aromatic nitrogens is 2. The SMILES string of the molecule is Cn1cncc1-c1cccc(OCC(=O)NCC(O)CN2CCc3ccccc3C2)c1. The van der Waals surface area contributed by atoms with Crippen LogP contribution in [0, 0.1) is 0 Å². The zero-order chi connectivity index (χ0) is 21.6. The number of carbonyl (C=O) groups excluding carboxylic acids is 1. The number of aryl methyl sites for hydroxylation is 1. The summed E-state index contributed by atoms with van der Waals surface area (Å²) in [6, 6.07) is 16.0. The molecule has 1 aliphatic heterocycles. The molecule has 0 saturated carbocycles. The maximum atomic E-state index is 12.2. The van der Waals surface area contributed by atoms with Crippen LogP contribution < -0.4 is 10.1 Å². The summed E-state index contributed by atoms with van der Waals surface area (Å²) in [6.45, 7) is 2.38. The number of carbonyl (C=O) groups is 1. The van der Waals surface area contributed by atoms with Gasteiger partial charge in [0.15, 0.2) is 6.61 Å². The molecule has 2 aromatic carbocycles. The molecule has 4 rings (SSSR count). The quantitative estimate of drug-likeness (QED) is 0.583. The van der Waals surface area contributed by atoms with Crippen molar-refractivity contribution >= 4 is 5.91 Å². The highest BCUT2D eigenvalue weighted by atomic mass is 16.5. The third-order valence-electron chi connectivity index (χ3n) is 5.53. The highest BCUT2D eigenvalue weighted by molar-refractivity contribution is 5.77. The number of aliphatic hydroxyl groups is 1. The zero-order valence-electron chi connectivity index (χ0n) is 17.7. The predicted molar refractivity (Wildman–Crippen MR) is 119 cm³/mol. The molecule has 7 nitrogen and oxygen atoms in total. The molecular formula is C24H28N4O3. The van der Waals surface area contributed by atoms with Gasteiger partial charge in [-0.05, 0) is 29.7 Å². The van der Waals surface area contributed by atoms with Gasteiger partial charge in [-0.25, -0.2) is 4.98 Å². The van der Waals surface area contributed by atoms with Gasteiger partial charge in [-0.2, -0.15) is 0 Å². The third-order valence-corrected chi connectivity index (χ3v) is 5.53. The molecule has 1 atom stereocenters. The van der Waals surface area contributed by atoms with E-state index in [1.165, 1.54) is 11.1 Å².